The van der Waals surface area contributed by atoms with Crippen LogP contribution in [0, 0.1) is 0 Å². The van der Waals surface area contributed by atoms with Crippen molar-refractivity contribution in [1.82, 2.24) is 5.48 Å². The molecule has 0 aliphatic heterocycles. The minimum absolute atomic E-state index is 0.116. The van der Waals surface area contributed by atoms with Gasteiger partial charge in [-0.05, 0) is 6.92 Å². The molecular weight excluding hydrogens is 208 g/mol. The smallest absolute Gasteiger partial charge is 0.440 e. The summed E-state index contributed by atoms with van der Waals surface area (Å²) >= 11 is 0. The third-order valence-corrected chi connectivity index (χ3v) is 1.21. The SMILES string of the molecule is CCOC(=O)NOC(=O)[C@@H](N)CC(=O)O. The first-order valence-corrected chi connectivity index (χ1v) is 4.08. The number of amides is 1. The van der Waals surface area contributed by atoms with Crippen LogP contribution in [0.1, 0.15) is 13.3 Å². The molecule has 0 rings (SSSR count). The van der Waals surface area contributed by atoms with E-state index in [2.05, 4.69) is 9.57 Å². The van der Waals surface area contributed by atoms with E-state index in [-0.39, 0.29) is 6.61 Å². The number of rotatable bonds is 4. The zero-order valence-electron chi connectivity index (χ0n) is 8.06. The molecule has 0 aromatic heterocycles. The Hall–Kier alpha value is -1.83. The first-order valence-electron chi connectivity index (χ1n) is 4.08. The molecule has 0 aromatic carbocycles. The molecular formula is C7H12N2O6. The fourth-order valence-corrected chi connectivity index (χ4v) is 0.600. The topological polar surface area (TPSA) is 128 Å². The molecule has 0 bridgehead atoms. The molecule has 0 aliphatic rings. The molecule has 0 saturated carbocycles. The van der Waals surface area contributed by atoms with E-state index < -0.39 is 30.5 Å². The van der Waals surface area contributed by atoms with E-state index in [1.807, 2.05) is 0 Å². The summed E-state index contributed by atoms with van der Waals surface area (Å²) in [7, 11) is 0. The molecule has 0 aliphatic carbocycles. The van der Waals surface area contributed by atoms with Gasteiger partial charge in [-0.1, -0.05) is 0 Å². The summed E-state index contributed by atoms with van der Waals surface area (Å²) in [5.41, 5.74) is 6.78. The molecule has 1 amide bonds. The van der Waals surface area contributed by atoms with Crippen LogP contribution in [0.3, 0.4) is 0 Å². The van der Waals surface area contributed by atoms with Crippen LogP contribution in [0.15, 0.2) is 0 Å². The fourth-order valence-electron chi connectivity index (χ4n) is 0.600. The molecule has 0 unspecified atom stereocenters. The quantitative estimate of drug-likeness (QED) is 0.518. The highest BCUT2D eigenvalue weighted by Gasteiger charge is 2.19. The van der Waals surface area contributed by atoms with Gasteiger partial charge in [0, 0.05) is 0 Å². The average Bonchev–Trinajstić information content (AvgIpc) is 2.13. The lowest BCUT2D eigenvalue weighted by Gasteiger charge is -2.08. The van der Waals surface area contributed by atoms with Crippen LogP contribution in [-0.2, 0) is 19.2 Å². The molecule has 0 heterocycles. The summed E-state index contributed by atoms with van der Waals surface area (Å²) < 4.78 is 4.37. The number of carbonyl (C=O) groups excluding carboxylic acids is 2. The van der Waals surface area contributed by atoms with Crippen LogP contribution < -0.4 is 11.2 Å². The first-order chi connectivity index (χ1) is 6.97. The standard InChI is InChI=1S/C7H12N2O6/c1-2-14-7(13)9-15-6(12)4(8)3-5(10)11/h4H,2-3,8H2,1H3,(H,9,13)(H,10,11)/t4-/m0/s1. The summed E-state index contributed by atoms with van der Waals surface area (Å²) in [6.07, 6.45) is -1.53. The maximum Gasteiger partial charge on any atom is 0.440 e. The zero-order chi connectivity index (χ0) is 11.8. The Balaban J connectivity index is 3.82. The van der Waals surface area contributed by atoms with Gasteiger partial charge in [-0.25, -0.2) is 9.59 Å². The minimum Gasteiger partial charge on any atom is -0.481 e. The number of carbonyl (C=O) groups is 3. The molecule has 8 nitrogen and oxygen atoms in total. The Morgan fingerprint density at radius 2 is 2.07 bits per heavy atom. The highest BCUT2D eigenvalue weighted by Crippen LogP contribution is 1.91. The van der Waals surface area contributed by atoms with Gasteiger partial charge in [-0.15, -0.1) is 5.48 Å². The van der Waals surface area contributed by atoms with E-state index in [0.717, 1.165) is 0 Å². The van der Waals surface area contributed by atoms with E-state index in [9.17, 15) is 14.4 Å². The molecule has 1 atom stereocenters. The van der Waals surface area contributed by atoms with Crippen LogP contribution in [0.4, 0.5) is 4.79 Å². The molecule has 0 spiro atoms. The third kappa shape index (κ3) is 6.27. The van der Waals surface area contributed by atoms with Gasteiger partial charge in [-0.2, -0.15) is 0 Å². The first kappa shape index (κ1) is 13.2. The maximum absolute atomic E-state index is 10.9. The third-order valence-electron chi connectivity index (χ3n) is 1.21. The van der Waals surface area contributed by atoms with Gasteiger partial charge in [0.1, 0.15) is 6.04 Å². The molecule has 8 heteroatoms. The van der Waals surface area contributed by atoms with Crippen molar-refractivity contribution in [2.45, 2.75) is 19.4 Å². The molecule has 15 heavy (non-hydrogen) atoms. The summed E-state index contributed by atoms with van der Waals surface area (Å²) in [5.74, 6) is -2.29. The highest BCUT2D eigenvalue weighted by atomic mass is 16.7. The lowest BCUT2D eigenvalue weighted by molar-refractivity contribution is -0.154. The predicted molar refractivity (Wildman–Crippen MR) is 46.5 cm³/mol. The normalized spacial score (nSPS) is 11.3. The van der Waals surface area contributed by atoms with Gasteiger partial charge >= 0.3 is 18.0 Å². The highest BCUT2D eigenvalue weighted by molar-refractivity contribution is 5.82. The van der Waals surface area contributed by atoms with Crippen molar-refractivity contribution in [1.29, 1.82) is 0 Å². The molecule has 0 aromatic rings. The van der Waals surface area contributed by atoms with E-state index in [4.69, 9.17) is 10.8 Å². The fraction of sp³-hybridized carbons (Fsp3) is 0.571. The summed E-state index contributed by atoms with van der Waals surface area (Å²) in [6.45, 7) is 1.68. The number of hydrogen-bond donors (Lipinski definition) is 3. The average molecular weight is 220 g/mol. The van der Waals surface area contributed by atoms with Crippen molar-refractivity contribution < 1.29 is 29.1 Å². The number of hydroxylamine groups is 1. The number of carboxylic acid groups (broad SMARTS) is 1. The minimum atomic E-state index is -1.33. The second-order valence-corrected chi connectivity index (χ2v) is 2.45. The van der Waals surface area contributed by atoms with Crippen LogP contribution in [0.5, 0.6) is 0 Å². The van der Waals surface area contributed by atoms with E-state index >= 15 is 0 Å². The van der Waals surface area contributed by atoms with Crippen molar-refractivity contribution in [2.75, 3.05) is 6.61 Å². The number of nitrogens with one attached hydrogen (secondary N) is 1. The molecule has 0 fully saturated rings. The van der Waals surface area contributed by atoms with Gasteiger partial charge in [0.25, 0.3) is 0 Å². The number of carboxylic acids is 1. The lowest BCUT2D eigenvalue weighted by Crippen LogP contribution is -2.39. The van der Waals surface area contributed by atoms with Crippen molar-refractivity contribution in [3.8, 4) is 0 Å². The summed E-state index contributed by atoms with van der Waals surface area (Å²) in [4.78, 5) is 35.9. The second kappa shape index (κ2) is 6.60. The van der Waals surface area contributed by atoms with Crippen LogP contribution in [-0.4, -0.2) is 35.8 Å². The van der Waals surface area contributed by atoms with Gasteiger partial charge in [0.15, 0.2) is 0 Å². The van der Waals surface area contributed by atoms with Crippen LogP contribution in [0.25, 0.3) is 0 Å². The van der Waals surface area contributed by atoms with Crippen molar-refractivity contribution in [3.05, 3.63) is 0 Å². The Morgan fingerprint density at radius 3 is 2.53 bits per heavy atom. The van der Waals surface area contributed by atoms with Gasteiger partial charge < -0.3 is 20.4 Å². The van der Waals surface area contributed by atoms with E-state index in [1.54, 1.807) is 12.4 Å². The van der Waals surface area contributed by atoms with Crippen molar-refractivity contribution >= 4 is 18.0 Å². The van der Waals surface area contributed by atoms with Crippen LogP contribution >= 0.6 is 0 Å². The molecule has 0 radical (unpaired) electrons. The van der Waals surface area contributed by atoms with Crippen LogP contribution in [0.2, 0.25) is 0 Å². The number of ether oxygens (including phenoxy) is 1. The van der Waals surface area contributed by atoms with Gasteiger partial charge in [-0.3, -0.25) is 4.79 Å². The van der Waals surface area contributed by atoms with Gasteiger partial charge in [0.05, 0.1) is 13.0 Å². The number of nitrogens with two attached hydrogens (primary N) is 1. The Bertz CT molecular complexity index is 254. The predicted octanol–water partition coefficient (Wildman–Crippen LogP) is -1.01. The molecule has 86 valence electrons. The maximum atomic E-state index is 10.9. The monoisotopic (exact) mass is 220 g/mol. The zero-order valence-corrected chi connectivity index (χ0v) is 8.06. The summed E-state index contributed by atoms with van der Waals surface area (Å²) in [5, 5.41) is 8.29. The van der Waals surface area contributed by atoms with Gasteiger partial charge in [0.2, 0.25) is 0 Å². The molecule has 0 saturated heterocycles. The molecule has 4 N–H and O–H groups in total. The van der Waals surface area contributed by atoms with Crippen molar-refractivity contribution in [3.63, 3.8) is 0 Å². The van der Waals surface area contributed by atoms with E-state index in [0.29, 0.717) is 0 Å². The summed E-state index contributed by atoms with van der Waals surface area (Å²) in [6, 6.07) is -1.33. The Labute approximate surface area is 85.3 Å². The number of aliphatic carboxylic acids is 1. The Morgan fingerprint density at radius 1 is 1.47 bits per heavy atom. The number of hydrogen-bond acceptors (Lipinski definition) is 6. The second-order valence-electron chi connectivity index (χ2n) is 2.45. The van der Waals surface area contributed by atoms with Crippen molar-refractivity contribution in [2.24, 2.45) is 5.73 Å². The lowest BCUT2D eigenvalue weighted by atomic mass is 10.2. The largest absolute Gasteiger partial charge is 0.481 e. The van der Waals surface area contributed by atoms with E-state index in [1.165, 1.54) is 0 Å². The Kier molecular flexibility index (Phi) is 5.79.